The maximum Gasteiger partial charge on any atom is 0.0895 e. The number of hydrogen-bond acceptors (Lipinski definition) is 3. The summed E-state index contributed by atoms with van der Waals surface area (Å²) in [6.07, 6.45) is 10.7. The van der Waals surface area contributed by atoms with E-state index in [0.717, 1.165) is 32.2 Å². The summed E-state index contributed by atoms with van der Waals surface area (Å²) in [5.41, 5.74) is 1.26. The Labute approximate surface area is 115 Å². The fraction of sp³-hybridized carbons (Fsp3) is 0.800. The quantitative estimate of drug-likeness (QED) is 0.857. The molecular formula is C15H25N3O. The number of nitrogens with zero attached hydrogens (tertiary/aromatic N) is 2. The molecule has 2 unspecified atom stereocenters. The molecule has 4 heteroatoms. The van der Waals surface area contributed by atoms with Crippen LogP contribution in [0.5, 0.6) is 0 Å². The van der Waals surface area contributed by atoms with Crippen LogP contribution in [0.15, 0.2) is 12.4 Å². The third-order valence-electron chi connectivity index (χ3n) is 4.13. The fourth-order valence-electron chi connectivity index (χ4n) is 2.90. The molecule has 1 aromatic rings. The number of hydrogen-bond donors (Lipinski definition) is 1. The summed E-state index contributed by atoms with van der Waals surface area (Å²) in [5, 5.41) is 8.09. The van der Waals surface area contributed by atoms with E-state index in [4.69, 9.17) is 4.74 Å². The van der Waals surface area contributed by atoms with Gasteiger partial charge in [0.05, 0.1) is 12.3 Å². The molecular weight excluding hydrogens is 238 g/mol. The molecule has 1 saturated carbocycles. The first-order valence-electron chi connectivity index (χ1n) is 7.74. The Morgan fingerprint density at radius 1 is 1.42 bits per heavy atom. The number of aryl methyl sites for hydroxylation is 1. The highest BCUT2D eigenvalue weighted by atomic mass is 16.5. The summed E-state index contributed by atoms with van der Waals surface area (Å²) < 4.78 is 8.07. The molecule has 19 heavy (non-hydrogen) atoms. The predicted octanol–water partition coefficient (Wildman–Crippen LogP) is 2.51. The van der Waals surface area contributed by atoms with Crippen molar-refractivity contribution in [3.8, 4) is 0 Å². The number of rotatable bonds is 6. The van der Waals surface area contributed by atoms with E-state index in [1.807, 2.05) is 10.9 Å². The highest BCUT2D eigenvalue weighted by molar-refractivity contribution is 5.11. The van der Waals surface area contributed by atoms with Gasteiger partial charge in [0, 0.05) is 43.4 Å². The van der Waals surface area contributed by atoms with Crippen LogP contribution in [-0.2, 0) is 11.3 Å². The molecule has 1 saturated heterocycles. The molecule has 2 heterocycles. The van der Waals surface area contributed by atoms with Crippen LogP contribution in [0.2, 0.25) is 0 Å². The summed E-state index contributed by atoms with van der Waals surface area (Å²) >= 11 is 0. The van der Waals surface area contributed by atoms with Crippen LogP contribution in [0.3, 0.4) is 0 Å². The minimum Gasteiger partial charge on any atom is -0.373 e. The van der Waals surface area contributed by atoms with Crippen LogP contribution in [0.4, 0.5) is 0 Å². The van der Waals surface area contributed by atoms with Crippen LogP contribution in [-0.4, -0.2) is 29.0 Å². The molecule has 1 aliphatic carbocycles. The molecule has 0 bridgehead atoms. The van der Waals surface area contributed by atoms with Gasteiger partial charge in [-0.2, -0.15) is 5.10 Å². The minimum atomic E-state index is 0.241. The Morgan fingerprint density at radius 2 is 2.32 bits per heavy atom. The van der Waals surface area contributed by atoms with Crippen LogP contribution < -0.4 is 5.32 Å². The van der Waals surface area contributed by atoms with Crippen molar-refractivity contribution >= 4 is 0 Å². The van der Waals surface area contributed by atoms with Gasteiger partial charge in [0.1, 0.15) is 0 Å². The lowest BCUT2D eigenvalue weighted by Gasteiger charge is -2.31. The van der Waals surface area contributed by atoms with Crippen molar-refractivity contribution in [2.24, 2.45) is 5.92 Å². The van der Waals surface area contributed by atoms with Gasteiger partial charge in [-0.15, -0.1) is 0 Å². The van der Waals surface area contributed by atoms with E-state index in [-0.39, 0.29) is 6.10 Å². The molecule has 3 rings (SSSR count). The van der Waals surface area contributed by atoms with E-state index in [1.54, 1.807) is 0 Å². The molecule has 0 radical (unpaired) electrons. The Bertz CT molecular complexity index is 400. The van der Waals surface area contributed by atoms with E-state index in [0.29, 0.717) is 5.92 Å². The van der Waals surface area contributed by atoms with Crippen LogP contribution in [0, 0.1) is 5.92 Å². The number of ether oxygens (including phenoxy) is 1. The zero-order chi connectivity index (χ0) is 13.1. The lowest BCUT2D eigenvalue weighted by molar-refractivity contribution is -0.0279. The maximum absolute atomic E-state index is 6.03. The van der Waals surface area contributed by atoms with Gasteiger partial charge in [-0.25, -0.2) is 0 Å². The van der Waals surface area contributed by atoms with Crippen molar-refractivity contribution in [3.63, 3.8) is 0 Å². The van der Waals surface area contributed by atoms with Gasteiger partial charge in [-0.05, 0) is 32.1 Å². The Hall–Kier alpha value is -0.870. The molecule has 4 nitrogen and oxygen atoms in total. The van der Waals surface area contributed by atoms with E-state index >= 15 is 0 Å². The molecule has 0 spiro atoms. The summed E-state index contributed by atoms with van der Waals surface area (Å²) in [5.74, 6) is 0.605. The summed E-state index contributed by atoms with van der Waals surface area (Å²) in [6.45, 7) is 5.16. The zero-order valence-electron chi connectivity index (χ0n) is 11.8. The van der Waals surface area contributed by atoms with Gasteiger partial charge in [0.25, 0.3) is 0 Å². The average molecular weight is 263 g/mol. The van der Waals surface area contributed by atoms with Gasteiger partial charge in [0.2, 0.25) is 0 Å². The number of aromatic nitrogens is 2. The van der Waals surface area contributed by atoms with E-state index in [2.05, 4.69) is 23.5 Å². The van der Waals surface area contributed by atoms with E-state index in [9.17, 15) is 0 Å². The highest BCUT2D eigenvalue weighted by Crippen LogP contribution is 2.33. The minimum absolute atomic E-state index is 0.241. The monoisotopic (exact) mass is 263 g/mol. The third-order valence-corrected chi connectivity index (χ3v) is 4.13. The van der Waals surface area contributed by atoms with Gasteiger partial charge in [0.15, 0.2) is 0 Å². The molecule has 0 amide bonds. The highest BCUT2D eigenvalue weighted by Gasteiger charge is 2.30. The van der Waals surface area contributed by atoms with Crippen molar-refractivity contribution in [2.75, 3.05) is 13.2 Å². The lowest BCUT2D eigenvalue weighted by Crippen LogP contribution is -2.32. The second kappa shape index (κ2) is 6.06. The second-order valence-electron chi connectivity index (χ2n) is 5.91. The van der Waals surface area contributed by atoms with E-state index < -0.39 is 0 Å². The van der Waals surface area contributed by atoms with E-state index in [1.165, 1.54) is 31.2 Å². The summed E-state index contributed by atoms with van der Waals surface area (Å²) in [4.78, 5) is 0. The Morgan fingerprint density at radius 3 is 3.11 bits per heavy atom. The summed E-state index contributed by atoms with van der Waals surface area (Å²) in [7, 11) is 0. The topological polar surface area (TPSA) is 39.1 Å². The van der Waals surface area contributed by atoms with Crippen molar-refractivity contribution in [3.05, 3.63) is 18.0 Å². The molecule has 106 valence electrons. The van der Waals surface area contributed by atoms with Crippen LogP contribution in [0.25, 0.3) is 0 Å². The first-order chi connectivity index (χ1) is 9.36. The molecule has 1 N–H and O–H groups in total. The fourth-order valence-corrected chi connectivity index (χ4v) is 2.90. The molecule has 1 aromatic heterocycles. The van der Waals surface area contributed by atoms with Gasteiger partial charge in [-0.3, -0.25) is 4.68 Å². The van der Waals surface area contributed by atoms with Gasteiger partial charge >= 0.3 is 0 Å². The van der Waals surface area contributed by atoms with Crippen molar-refractivity contribution in [1.82, 2.24) is 15.1 Å². The first kappa shape index (κ1) is 13.1. The Balaban J connectivity index is 1.63. The maximum atomic E-state index is 6.03. The zero-order valence-corrected chi connectivity index (χ0v) is 11.8. The first-order valence-corrected chi connectivity index (χ1v) is 7.74. The lowest BCUT2D eigenvalue weighted by atomic mass is 9.91. The second-order valence-corrected chi connectivity index (χ2v) is 5.91. The van der Waals surface area contributed by atoms with Crippen molar-refractivity contribution in [1.29, 1.82) is 0 Å². The SMILES string of the molecule is CCCn1cc(C2OCCCC2CNC2CC2)cn1. The summed E-state index contributed by atoms with van der Waals surface area (Å²) in [6, 6.07) is 0.783. The Kier molecular flexibility index (Phi) is 4.18. The smallest absolute Gasteiger partial charge is 0.0895 e. The third kappa shape index (κ3) is 3.37. The predicted molar refractivity (Wildman–Crippen MR) is 75.0 cm³/mol. The molecule has 2 fully saturated rings. The van der Waals surface area contributed by atoms with Crippen molar-refractivity contribution < 1.29 is 4.74 Å². The molecule has 2 atom stereocenters. The molecule has 0 aromatic carbocycles. The molecule has 1 aliphatic heterocycles. The number of nitrogens with one attached hydrogen (secondary N) is 1. The molecule has 2 aliphatic rings. The normalized spacial score (nSPS) is 27.6. The van der Waals surface area contributed by atoms with Gasteiger partial charge < -0.3 is 10.1 Å². The van der Waals surface area contributed by atoms with Crippen LogP contribution in [0.1, 0.15) is 50.7 Å². The van der Waals surface area contributed by atoms with Crippen LogP contribution >= 0.6 is 0 Å². The largest absolute Gasteiger partial charge is 0.373 e. The standard InChI is InChI=1S/C15H25N3O/c1-2-7-18-11-13(10-17-18)15-12(4-3-8-19-15)9-16-14-5-6-14/h10-12,14-16H,2-9H2,1H3. The van der Waals surface area contributed by atoms with Crippen molar-refractivity contribution in [2.45, 2.75) is 57.7 Å². The van der Waals surface area contributed by atoms with Gasteiger partial charge in [-0.1, -0.05) is 6.92 Å². The average Bonchev–Trinajstić information content (AvgIpc) is 3.16.